The van der Waals surface area contributed by atoms with Crippen LogP contribution in [0.15, 0.2) is 18.2 Å². The third-order valence-corrected chi connectivity index (χ3v) is 4.09. The van der Waals surface area contributed by atoms with Crippen molar-refractivity contribution >= 4 is 0 Å². The summed E-state index contributed by atoms with van der Waals surface area (Å²) in [7, 11) is 0. The van der Waals surface area contributed by atoms with Crippen molar-refractivity contribution in [2.24, 2.45) is 0 Å². The molecule has 2 aliphatic rings. The van der Waals surface area contributed by atoms with Gasteiger partial charge < -0.3 is 14.2 Å². The van der Waals surface area contributed by atoms with Crippen molar-refractivity contribution in [1.29, 1.82) is 0 Å². The molecule has 0 aliphatic carbocycles. The van der Waals surface area contributed by atoms with E-state index in [1.807, 2.05) is 19.1 Å². The quantitative estimate of drug-likeness (QED) is 0.924. The normalized spacial score (nSPS) is 21.3. The standard InChI is InChI=1S/C16H20N4O3/c1-11-17-16(19-18-11)14-10-20(5-6-21-14)9-12-3-2-4-13-15(12)23-8-7-22-13/h2-4,14H,5-10H2,1H3,(H,17,18,19)/t14-/m0/s1. The van der Waals surface area contributed by atoms with E-state index in [9.17, 15) is 0 Å². The molecule has 0 amide bonds. The van der Waals surface area contributed by atoms with Gasteiger partial charge >= 0.3 is 0 Å². The van der Waals surface area contributed by atoms with Gasteiger partial charge in [0.25, 0.3) is 0 Å². The van der Waals surface area contributed by atoms with Gasteiger partial charge in [-0.3, -0.25) is 10.00 Å². The van der Waals surface area contributed by atoms with Gasteiger partial charge in [0, 0.05) is 25.2 Å². The zero-order valence-electron chi connectivity index (χ0n) is 13.1. The highest BCUT2D eigenvalue weighted by Gasteiger charge is 2.26. The molecule has 1 aromatic carbocycles. The number of aromatic amines is 1. The Kier molecular flexibility index (Phi) is 3.88. The van der Waals surface area contributed by atoms with Crippen LogP contribution in [0.4, 0.5) is 0 Å². The Morgan fingerprint density at radius 3 is 3.04 bits per heavy atom. The summed E-state index contributed by atoms with van der Waals surface area (Å²) in [5.74, 6) is 3.24. The summed E-state index contributed by atoms with van der Waals surface area (Å²) in [4.78, 5) is 6.72. The summed E-state index contributed by atoms with van der Waals surface area (Å²) in [6.07, 6.45) is -0.0922. The summed E-state index contributed by atoms with van der Waals surface area (Å²) in [5.41, 5.74) is 1.15. The lowest BCUT2D eigenvalue weighted by atomic mass is 10.1. The first-order valence-electron chi connectivity index (χ1n) is 7.90. The summed E-state index contributed by atoms with van der Waals surface area (Å²) in [5, 5.41) is 7.09. The third kappa shape index (κ3) is 3.02. The average molecular weight is 316 g/mol. The lowest BCUT2D eigenvalue weighted by Crippen LogP contribution is -2.38. The van der Waals surface area contributed by atoms with Crippen LogP contribution in [0.3, 0.4) is 0 Å². The molecule has 2 aliphatic heterocycles. The lowest BCUT2D eigenvalue weighted by molar-refractivity contribution is -0.0373. The van der Waals surface area contributed by atoms with E-state index in [0.29, 0.717) is 19.8 Å². The largest absolute Gasteiger partial charge is 0.486 e. The minimum absolute atomic E-state index is 0.0922. The van der Waals surface area contributed by atoms with Crippen LogP contribution in [0.2, 0.25) is 0 Å². The first-order valence-corrected chi connectivity index (χ1v) is 7.90. The Morgan fingerprint density at radius 1 is 1.26 bits per heavy atom. The number of aryl methyl sites for hydroxylation is 1. The van der Waals surface area contributed by atoms with Crippen molar-refractivity contribution in [3.05, 3.63) is 35.4 Å². The van der Waals surface area contributed by atoms with Gasteiger partial charge in [0.05, 0.1) is 6.61 Å². The highest BCUT2D eigenvalue weighted by molar-refractivity contribution is 5.47. The van der Waals surface area contributed by atoms with Gasteiger partial charge in [0.2, 0.25) is 0 Å². The Morgan fingerprint density at radius 2 is 2.17 bits per heavy atom. The van der Waals surface area contributed by atoms with Crippen molar-refractivity contribution in [3.8, 4) is 11.5 Å². The van der Waals surface area contributed by atoms with Gasteiger partial charge in [-0.1, -0.05) is 12.1 Å². The fourth-order valence-corrected chi connectivity index (χ4v) is 3.01. The Labute approximate surface area is 134 Å². The van der Waals surface area contributed by atoms with Gasteiger partial charge in [0.15, 0.2) is 17.3 Å². The number of morpholine rings is 1. The third-order valence-electron chi connectivity index (χ3n) is 4.09. The molecule has 4 rings (SSSR count). The van der Waals surface area contributed by atoms with Crippen LogP contribution in [0.25, 0.3) is 0 Å². The van der Waals surface area contributed by atoms with Crippen LogP contribution in [-0.4, -0.2) is 53.0 Å². The minimum Gasteiger partial charge on any atom is -0.486 e. The molecule has 3 heterocycles. The van der Waals surface area contributed by atoms with E-state index in [1.54, 1.807) is 0 Å². The molecule has 23 heavy (non-hydrogen) atoms. The molecule has 1 aromatic heterocycles. The van der Waals surface area contributed by atoms with E-state index in [0.717, 1.165) is 48.3 Å². The molecule has 7 heteroatoms. The lowest BCUT2D eigenvalue weighted by Gasteiger charge is -2.32. The topological polar surface area (TPSA) is 72.5 Å². The zero-order valence-corrected chi connectivity index (χ0v) is 13.1. The van der Waals surface area contributed by atoms with E-state index in [4.69, 9.17) is 14.2 Å². The molecular weight excluding hydrogens is 296 g/mol. The Balaban J connectivity index is 1.48. The van der Waals surface area contributed by atoms with E-state index in [2.05, 4.69) is 26.1 Å². The molecule has 1 fully saturated rings. The number of para-hydroxylation sites is 1. The van der Waals surface area contributed by atoms with E-state index in [1.165, 1.54) is 0 Å². The number of benzene rings is 1. The van der Waals surface area contributed by atoms with E-state index >= 15 is 0 Å². The van der Waals surface area contributed by atoms with Crippen molar-refractivity contribution in [3.63, 3.8) is 0 Å². The van der Waals surface area contributed by atoms with Gasteiger partial charge in [0.1, 0.15) is 25.1 Å². The second-order valence-corrected chi connectivity index (χ2v) is 5.81. The number of fused-ring (bicyclic) bond motifs is 1. The second kappa shape index (κ2) is 6.17. The predicted octanol–water partition coefficient (Wildman–Crippen LogP) is 1.46. The van der Waals surface area contributed by atoms with Crippen LogP contribution >= 0.6 is 0 Å². The maximum Gasteiger partial charge on any atom is 0.180 e. The SMILES string of the molecule is Cc1nc([C@@H]2CN(Cc3cccc4c3OCCO4)CCO2)n[nH]1. The number of hydrogen-bond acceptors (Lipinski definition) is 6. The number of nitrogens with zero attached hydrogens (tertiary/aromatic N) is 3. The molecule has 0 spiro atoms. The number of hydrogen-bond donors (Lipinski definition) is 1. The van der Waals surface area contributed by atoms with Crippen molar-refractivity contribution in [2.75, 3.05) is 32.9 Å². The first kappa shape index (κ1) is 14.5. The molecule has 0 radical (unpaired) electrons. The minimum atomic E-state index is -0.0922. The predicted molar refractivity (Wildman–Crippen MR) is 82.5 cm³/mol. The Hall–Kier alpha value is -2.12. The molecule has 1 atom stereocenters. The van der Waals surface area contributed by atoms with Crippen molar-refractivity contribution in [1.82, 2.24) is 20.1 Å². The molecular formula is C16H20N4O3. The van der Waals surface area contributed by atoms with Crippen LogP contribution in [0.1, 0.15) is 23.3 Å². The second-order valence-electron chi connectivity index (χ2n) is 5.81. The summed E-state index contributed by atoms with van der Waals surface area (Å²) < 4.78 is 17.3. The van der Waals surface area contributed by atoms with Crippen molar-refractivity contribution in [2.45, 2.75) is 19.6 Å². The van der Waals surface area contributed by atoms with Gasteiger partial charge in [-0.2, -0.15) is 5.10 Å². The number of ether oxygens (including phenoxy) is 3. The molecule has 0 unspecified atom stereocenters. The fraction of sp³-hybridized carbons (Fsp3) is 0.500. The fourth-order valence-electron chi connectivity index (χ4n) is 3.01. The molecule has 122 valence electrons. The van der Waals surface area contributed by atoms with Gasteiger partial charge in [-0.25, -0.2) is 4.98 Å². The highest BCUT2D eigenvalue weighted by atomic mass is 16.6. The first-order chi connectivity index (χ1) is 11.3. The van der Waals surface area contributed by atoms with E-state index in [-0.39, 0.29) is 6.10 Å². The summed E-state index contributed by atoms with van der Waals surface area (Å²) >= 11 is 0. The smallest absolute Gasteiger partial charge is 0.180 e. The number of rotatable bonds is 3. The van der Waals surface area contributed by atoms with Crippen LogP contribution in [0.5, 0.6) is 11.5 Å². The van der Waals surface area contributed by atoms with Crippen LogP contribution < -0.4 is 9.47 Å². The highest BCUT2D eigenvalue weighted by Crippen LogP contribution is 2.34. The van der Waals surface area contributed by atoms with Crippen LogP contribution in [0, 0.1) is 6.92 Å². The van der Waals surface area contributed by atoms with Crippen LogP contribution in [-0.2, 0) is 11.3 Å². The average Bonchev–Trinajstić information content (AvgIpc) is 3.02. The zero-order chi connectivity index (χ0) is 15.6. The molecule has 1 N–H and O–H groups in total. The number of aromatic nitrogens is 3. The maximum absolute atomic E-state index is 5.82. The Bertz CT molecular complexity index is 688. The monoisotopic (exact) mass is 316 g/mol. The summed E-state index contributed by atoms with van der Waals surface area (Å²) in [6.45, 7) is 6.23. The molecule has 2 aromatic rings. The van der Waals surface area contributed by atoms with Crippen molar-refractivity contribution < 1.29 is 14.2 Å². The van der Waals surface area contributed by atoms with Gasteiger partial charge in [-0.15, -0.1) is 0 Å². The molecule has 7 nitrogen and oxygen atoms in total. The number of H-pyrrole nitrogens is 1. The number of nitrogens with one attached hydrogen (secondary N) is 1. The summed E-state index contributed by atoms with van der Waals surface area (Å²) in [6, 6.07) is 6.06. The van der Waals surface area contributed by atoms with Gasteiger partial charge in [-0.05, 0) is 13.0 Å². The molecule has 0 bridgehead atoms. The molecule has 0 saturated carbocycles. The van der Waals surface area contributed by atoms with E-state index < -0.39 is 0 Å². The maximum atomic E-state index is 5.82. The molecule has 1 saturated heterocycles.